The van der Waals surface area contributed by atoms with Crippen LogP contribution in [0, 0.1) is 17.5 Å². The second kappa shape index (κ2) is 9.68. The molecular formula is C27H27F3O2. The third-order valence-electron chi connectivity index (χ3n) is 6.41. The normalized spacial score (nSPS) is 18.4. The first-order valence-corrected chi connectivity index (χ1v) is 11.1. The Morgan fingerprint density at radius 3 is 2.12 bits per heavy atom. The molecule has 0 spiro atoms. The highest BCUT2D eigenvalue weighted by Gasteiger charge is 2.27. The molecule has 0 bridgehead atoms. The first-order valence-electron chi connectivity index (χ1n) is 11.1. The van der Waals surface area contributed by atoms with Crippen molar-refractivity contribution in [2.75, 3.05) is 13.7 Å². The Labute approximate surface area is 187 Å². The van der Waals surface area contributed by atoms with Gasteiger partial charge in [0.15, 0.2) is 23.2 Å². The minimum Gasteiger partial charge on any atom is -0.497 e. The second-order valence-corrected chi connectivity index (χ2v) is 8.23. The zero-order valence-electron chi connectivity index (χ0n) is 18.3. The predicted octanol–water partition coefficient (Wildman–Crippen LogP) is 7.62. The molecule has 1 aliphatic carbocycles. The van der Waals surface area contributed by atoms with Crippen molar-refractivity contribution in [3.63, 3.8) is 0 Å². The first kappa shape index (κ1) is 22.3. The van der Waals surface area contributed by atoms with E-state index in [1.165, 1.54) is 0 Å². The van der Waals surface area contributed by atoms with Gasteiger partial charge in [-0.15, -0.1) is 0 Å². The fourth-order valence-corrected chi connectivity index (χ4v) is 4.65. The van der Waals surface area contributed by atoms with Gasteiger partial charge in [0, 0.05) is 5.56 Å². The summed E-state index contributed by atoms with van der Waals surface area (Å²) in [5, 5.41) is 0. The van der Waals surface area contributed by atoms with Crippen LogP contribution >= 0.6 is 0 Å². The minimum absolute atomic E-state index is 0.0433. The van der Waals surface area contributed by atoms with Gasteiger partial charge in [-0.1, -0.05) is 30.3 Å². The molecule has 0 radical (unpaired) electrons. The molecule has 168 valence electrons. The van der Waals surface area contributed by atoms with Crippen LogP contribution in [0.25, 0.3) is 11.1 Å². The van der Waals surface area contributed by atoms with Crippen LogP contribution in [-0.4, -0.2) is 13.7 Å². The van der Waals surface area contributed by atoms with Crippen LogP contribution in [0.2, 0.25) is 0 Å². The lowest BCUT2D eigenvalue weighted by Gasteiger charge is -2.29. The van der Waals surface area contributed by atoms with Crippen LogP contribution in [0.3, 0.4) is 0 Å². The fourth-order valence-electron chi connectivity index (χ4n) is 4.65. The Morgan fingerprint density at radius 2 is 1.50 bits per heavy atom. The van der Waals surface area contributed by atoms with Crippen molar-refractivity contribution in [1.82, 2.24) is 0 Å². The third-order valence-corrected chi connectivity index (χ3v) is 6.41. The van der Waals surface area contributed by atoms with Gasteiger partial charge in [0.2, 0.25) is 0 Å². The van der Waals surface area contributed by atoms with Gasteiger partial charge in [0.05, 0.1) is 13.7 Å². The highest BCUT2D eigenvalue weighted by molar-refractivity contribution is 5.65. The van der Waals surface area contributed by atoms with E-state index in [4.69, 9.17) is 9.47 Å². The van der Waals surface area contributed by atoms with Crippen LogP contribution < -0.4 is 9.47 Å². The average molecular weight is 441 g/mol. The molecule has 1 fully saturated rings. The number of benzene rings is 3. The van der Waals surface area contributed by atoms with E-state index in [-0.39, 0.29) is 29.0 Å². The van der Waals surface area contributed by atoms with E-state index < -0.39 is 11.6 Å². The standard InChI is InChI=1S/C27H27F3O2/c1-3-32-25-15-10-20(16-24(25)28)17-4-6-18(7-5-17)22-13-14-23(27(30)26(22)29)19-8-11-21(31-2)12-9-19/h8-18H,3-7H2,1-2H3. The Morgan fingerprint density at radius 1 is 0.812 bits per heavy atom. The first-order chi connectivity index (χ1) is 15.5. The summed E-state index contributed by atoms with van der Waals surface area (Å²) in [6.45, 7) is 2.24. The Bertz CT molecular complexity index is 1070. The van der Waals surface area contributed by atoms with Crippen molar-refractivity contribution >= 4 is 0 Å². The van der Waals surface area contributed by atoms with Crippen molar-refractivity contribution in [3.8, 4) is 22.6 Å². The largest absolute Gasteiger partial charge is 0.497 e. The summed E-state index contributed by atoms with van der Waals surface area (Å²) >= 11 is 0. The SMILES string of the molecule is CCOc1ccc(C2CCC(c3ccc(-c4ccc(OC)cc4)c(F)c3F)CC2)cc1F. The van der Waals surface area contributed by atoms with Crippen molar-refractivity contribution in [2.24, 2.45) is 0 Å². The lowest BCUT2D eigenvalue weighted by molar-refractivity contribution is 0.320. The molecule has 4 rings (SSSR count). The number of hydrogen-bond acceptors (Lipinski definition) is 2. The van der Waals surface area contributed by atoms with Crippen LogP contribution in [0.4, 0.5) is 13.2 Å². The quantitative estimate of drug-likeness (QED) is 0.392. The summed E-state index contributed by atoms with van der Waals surface area (Å²) in [5.41, 5.74) is 2.21. The molecule has 0 unspecified atom stereocenters. The summed E-state index contributed by atoms with van der Waals surface area (Å²) in [5.74, 6) is -0.845. The molecule has 0 saturated heterocycles. The maximum absolute atomic E-state index is 15.0. The molecule has 0 amide bonds. The maximum Gasteiger partial charge on any atom is 0.166 e. The average Bonchev–Trinajstić information content (AvgIpc) is 2.82. The lowest BCUT2D eigenvalue weighted by Crippen LogP contribution is -2.14. The Balaban J connectivity index is 1.47. The van der Waals surface area contributed by atoms with Crippen LogP contribution in [0.5, 0.6) is 11.5 Å². The Kier molecular flexibility index (Phi) is 6.73. The lowest BCUT2D eigenvalue weighted by atomic mass is 9.76. The summed E-state index contributed by atoms with van der Waals surface area (Å²) < 4.78 is 54.5. The number of methoxy groups -OCH3 is 1. The molecule has 0 aliphatic heterocycles. The summed E-state index contributed by atoms with van der Waals surface area (Å²) in [7, 11) is 1.56. The summed E-state index contributed by atoms with van der Waals surface area (Å²) in [4.78, 5) is 0. The molecule has 32 heavy (non-hydrogen) atoms. The van der Waals surface area contributed by atoms with Gasteiger partial charge in [-0.05, 0) is 85.4 Å². The summed E-state index contributed by atoms with van der Waals surface area (Å²) in [6.07, 6.45) is 3.08. The molecular weight excluding hydrogens is 413 g/mol. The van der Waals surface area contributed by atoms with Gasteiger partial charge in [0.25, 0.3) is 0 Å². The monoisotopic (exact) mass is 440 g/mol. The second-order valence-electron chi connectivity index (χ2n) is 8.23. The zero-order chi connectivity index (χ0) is 22.7. The molecule has 0 heterocycles. The molecule has 1 aliphatic rings. The predicted molar refractivity (Wildman–Crippen MR) is 120 cm³/mol. The van der Waals surface area contributed by atoms with Crippen LogP contribution in [0.15, 0.2) is 54.6 Å². The van der Waals surface area contributed by atoms with Gasteiger partial charge in [-0.3, -0.25) is 0 Å². The van der Waals surface area contributed by atoms with E-state index in [9.17, 15) is 8.78 Å². The van der Waals surface area contributed by atoms with E-state index in [1.54, 1.807) is 55.6 Å². The molecule has 3 aromatic carbocycles. The number of rotatable bonds is 6. The topological polar surface area (TPSA) is 18.5 Å². The minimum atomic E-state index is -0.816. The van der Waals surface area contributed by atoms with Crippen molar-refractivity contribution in [1.29, 1.82) is 0 Å². The molecule has 2 nitrogen and oxygen atoms in total. The third kappa shape index (κ3) is 4.47. The molecule has 3 aromatic rings. The molecule has 1 saturated carbocycles. The van der Waals surface area contributed by atoms with Crippen molar-refractivity contribution < 1.29 is 22.6 Å². The summed E-state index contributed by atoms with van der Waals surface area (Å²) in [6, 6.07) is 15.4. The molecule has 5 heteroatoms. The number of hydrogen-bond donors (Lipinski definition) is 0. The van der Waals surface area contributed by atoms with E-state index in [0.717, 1.165) is 31.2 Å². The maximum atomic E-state index is 15.0. The van der Waals surface area contributed by atoms with Gasteiger partial charge in [-0.2, -0.15) is 0 Å². The van der Waals surface area contributed by atoms with Gasteiger partial charge in [0.1, 0.15) is 5.75 Å². The van der Waals surface area contributed by atoms with Crippen molar-refractivity contribution in [2.45, 2.75) is 44.4 Å². The Hall–Kier alpha value is -2.95. The molecule has 0 N–H and O–H groups in total. The van der Waals surface area contributed by atoms with Gasteiger partial charge < -0.3 is 9.47 Å². The molecule has 0 aromatic heterocycles. The van der Waals surface area contributed by atoms with Crippen LogP contribution in [0.1, 0.15) is 55.6 Å². The smallest absolute Gasteiger partial charge is 0.166 e. The van der Waals surface area contributed by atoms with Gasteiger partial charge >= 0.3 is 0 Å². The van der Waals surface area contributed by atoms with E-state index in [2.05, 4.69) is 0 Å². The van der Waals surface area contributed by atoms with Crippen molar-refractivity contribution in [3.05, 3.63) is 83.2 Å². The van der Waals surface area contributed by atoms with Gasteiger partial charge in [-0.25, -0.2) is 13.2 Å². The van der Waals surface area contributed by atoms with E-state index in [1.807, 2.05) is 13.0 Å². The fraction of sp³-hybridized carbons (Fsp3) is 0.333. The zero-order valence-corrected chi connectivity index (χ0v) is 18.3. The highest BCUT2D eigenvalue weighted by Crippen LogP contribution is 2.43. The number of halogens is 3. The van der Waals surface area contributed by atoms with E-state index >= 15 is 4.39 Å². The molecule has 0 atom stereocenters. The number of ether oxygens (including phenoxy) is 2. The highest BCUT2D eigenvalue weighted by atomic mass is 19.2. The van der Waals surface area contributed by atoms with Crippen LogP contribution in [-0.2, 0) is 0 Å². The van der Waals surface area contributed by atoms with E-state index in [0.29, 0.717) is 23.5 Å².